The predicted octanol–water partition coefficient (Wildman–Crippen LogP) is 1.46. The van der Waals surface area contributed by atoms with Crippen molar-refractivity contribution in [3.8, 4) is 5.69 Å². The van der Waals surface area contributed by atoms with Crippen LogP contribution in [0.25, 0.3) is 5.69 Å². The van der Waals surface area contributed by atoms with Crippen LogP contribution in [0.4, 0.5) is 0 Å². The van der Waals surface area contributed by atoms with E-state index in [2.05, 4.69) is 10.2 Å². The van der Waals surface area contributed by atoms with Crippen molar-refractivity contribution in [2.45, 2.75) is 10.1 Å². The van der Waals surface area contributed by atoms with Crippen LogP contribution < -0.4 is 5.69 Å². The molecule has 19 heavy (non-hydrogen) atoms. The number of hydrogen-bond acceptors (Lipinski definition) is 5. The largest absolute Gasteiger partial charge is 0.481 e. The summed E-state index contributed by atoms with van der Waals surface area (Å²) in [7, 11) is 0. The second kappa shape index (κ2) is 5.98. The lowest BCUT2D eigenvalue weighted by Gasteiger charge is -2.05. The highest BCUT2D eigenvalue weighted by Gasteiger charge is 2.12. The van der Waals surface area contributed by atoms with Crippen LogP contribution in [0.5, 0.6) is 0 Å². The van der Waals surface area contributed by atoms with E-state index in [-0.39, 0.29) is 11.4 Å². The molecule has 0 spiro atoms. The molecule has 0 atom stereocenters. The fourth-order valence-electron chi connectivity index (χ4n) is 1.48. The van der Waals surface area contributed by atoms with Gasteiger partial charge in [-0.3, -0.25) is 4.79 Å². The van der Waals surface area contributed by atoms with Crippen molar-refractivity contribution in [1.29, 1.82) is 0 Å². The molecular weight excluding hydrogens is 286 g/mol. The summed E-state index contributed by atoms with van der Waals surface area (Å²) in [5, 5.41) is 15.2. The normalized spacial score (nSPS) is 10.6. The van der Waals surface area contributed by atoms with Crippen molar-refractivity contribution in [1.82, 2.24) is 14.8 Å². The standard InChI is InChI=1S/C11H11N3O3S2/c1-18-8-4-2-3-7(5-8)14-10(17)12-13-11(14)19-6-9(15)16/h2-5H,6H2,1H3,(H,12,17)(H,15,16). The number of nitrogens with zero attached hydrogens (tertiary/aromatic N) is 2. The summed E-state index contributed by atoms with van der Waals surface area (Å²) < 4.78 is 1.37. The van der Waals surface area contributed by atoms with Crippen LogP contribution in [0, 0.1) is 0 Å². The molecule has 1 aromatic heterocycles. The van der Waals surface area contributed by atoms with Gasteiger partial charge in [0, 0.05) is 4.90 Å². The maximum atomic E-state index is 11.8. The minimum absolute atomic E-state index is 0.146. The molecule has 0 saturated heterocycles. The van der Waals surface area contributed by atoms with Crippen LogP contribution in [0.1, 0.15) is 0 Å². The molecule has 2 aromatic rings. The van der Waals surface area contributed by atoms with E-state index in [4.69, 9.17) is 5.11 Å². The molecule has 8 heteroatoms. The molecule has 1 heterocycles. The Bertz CT molecular complexity index is 651. The molecule has 0 radical (unpaired) electrons. The van der Waals surface area contributed by atoms with Crippen molar-refractivity contribution in [3.05, 3.63) is 34.7 Å². The van der Waals surface area contributed by atoms with Gasteiger partial charge in [0.15, 0.2) is 5.16 Å². The van der Waals surface area contributed by atoms with Crippen LogP contribution in [-0.2, 0) is 4.79 Å². The molecule has 0 aliphatic carbocycles. The van der Waals surface area contributed by atoms with E-state index < -0.39 is 5.97 Å². The summed E-state index contributed by atoms with van der Waals surface area (Å²) >= 11 is 2.56. The second-order valence-electron chi connectivity index (χ2n) is 3.53. The molecule has 1 aromatic carbocycles. The van der Waals surface area contributed by atoms with Crippen molar-refractivity contribution in [2.75, 3.05) is 12.0 Å². The highest BCUT2D eigenvalue weighted by atomic mass is 32.2. The molecule has 100 valence electrons. The summed E-state index contributed by atoms with van der Waals surface area (Å²) in [6.45, 7) is 0. The zero-order chi connectivity index (χ0) is 13.8. The van der Waals surface area contributed by atoms with E-state index in [0.29, 0.717) is 10.8 Å². The average Bonchev–Trinajstić information content (AvgIpc) is 2.77. The maximum absolute atomic E-state index is 11.8. The molecule has 0 aliphatic rings. The topological polar surface area (TPSA) is 88.0 Å². The number of aliphatic carboxylic acids is 1. The molecule has 0 amide bonds. The zero-order valence-electron chi connectivity index (χ0n) is 9.99. The predicted molar refractivity (Wildman–Crippen MR) is 74.3 cm³/mol. The second-order valence-corrected chi connectivity index (χ2v) is 5.35. The molecule has 0 fully saturated rings. The minimum atomic E-state index is -0.954. The van der Waals surface area contributed by atoms with Gasteiger partial charge in [-0.2, -0.15) is 0 Å². The minimum Gasteiger partial charge on any atom is -0.481 e. The molecule has 0 saturated carbocycles. The van der Waals surface area contributed by atoms with Crippen molar-refractivity contribution >= 4 is 29.5 Å². The molecule has 0 aliphatic heterocycles. The van der Waals surface area contributed by atoms with Crippen LogP contribution in [0.15, 0.2) is 39.1 Å². The summed E-state index contributed by atoms with van der Waals surface area (Å²) in [5.74, 6) is -1.10. The van der Waals surface area contributed by atoms with Gasteiger partial charge in [0.25, 0.3) is 0 Å². The average molecular weight is 297 g/mol. The first-order valence-corrected chi connectivity index (χ1v) is 7.49. The zero-order valence-corrected chi connectivity index (χ0v) is 11.6. The fraction of sp³-hybridized carbons (Fsp3) is 0.182. The number of nitrogens with one attached hydrogen (secondary N) is 1. The van der Waals surface area contributed by atoms with E-state index in [1.165, 1.54) is 4.57 Å². The number of carbonyl (C=O) groups is 1. The van der Waals surface area contributed by atoms with Gasteiger partial charge in [-0.25, -0.2) is 14.5 Å². The number of aromatic nitrogens is 3. The highest BCUT2D eigenvalue weighted by Crippen LogP contribution is 2.21. The van der Waals surface area contributed by atoms with Crippen LogP contribution in [-0.4, -0.2) is 37.8 Å². The smallest absolute Gasteiger partial charge is 0.348 e. The van der Waals surface area contributed by atoms with Gasteiger partial charge in [-0.15, -0.1) is 16.9 Å². The van der Waals surface area contributed by atoms with Gasteiger partial charge in [-0.1, -0.05) is 17.8 Å². The summed E-state index contributed by atoms with van der Waals surface area (Å²) in [6, 6.07) is 7.41. The number of hydrogen-bond donors (Lipinski definition) is 2. The maximum Gasteiger partial charge on any atom is 0.348 e. The highest BCUT2D eigenvalue weighted by molar-refractivity contribution is 7.99. The molecule has 2 rings (SSSR count). The van der Waals surface area contributed by atoms with Gasteiger partial charge >= 0.3 is 11.7 Å². The summed E-state index contributed by atoms with van der Waals surface area (Å²) in [4.78, 5) is 23.4. The van der Waals surface area contributed by atoms with E-state index in [9.17, 15) is 9.59 Å². The Morgan fingerprint density at radius 3 is 3.00 bits per heavy atom. The number of carboxylic acid groups (broad SMARTS) is 1. The third-order valence-corrected chi connectivity index (χ3v) is 3.93. The molecule has 0 bridgehead atoms. The molecule has 0 unspecified atom stereocenters. The SMILES string of the molecule is CSc1cccc(-n2c(SCC(=O)O)n[nH]c2=O)c1. The lowest BCUT2D eigenvalue weighted by molar-refractivity contribution is -0.133. The van der Waals surface area contributed by atoms with Crippen LogP contribution in [0.2, 0.25) is 0 Å². The molecule has 6 nitrogen and oxygen atoms in total. The number of thioether (sulfide) groups is 2. The summed E-state index contributed by atoms with van der Waals surface area (Å²) in [6.07, 6.45) is 1.94. The Hall–Kier alpha value is -1.67. The number of carboxylic acids is 1. The number of benzene rings is 1. The molecule has 2 N–H and O–H groups in total. The van der Waals surface area contributed by atoms with Crippen LogP contribution in [0.3, 0.4) is 0 Å². The third kappa shape index (κ3) is 3.21. The first kappa shape index (κ1) is 13.8. The van der Waals surface area contributed by atoms with E-state index in [1.54, 1.807) is 17.8 Å². The monoisotopic (exact) mass is 297 g/mol. The first-order valence-electron chi connectivity index (χ1n) is 5.28. The number of aromatic amines is 1. The van der Waals surface area contributed by atoms with Gasteiger partial charge in [0.1, 0.15) is 0 Å². The Morgan fingerprint density at radius 2 is 2.32 bits per heavy atom. The van der Waals surface area contributed by atoms with Gasteiger partial charge in [-0.05, 0) is 24.5 Å². The van der Waals surface area contributed by atoms with Gasteiger partial charge in [0.05, 0.1) is 11.4 Å². The Kier molecular flexibility index (Phi) is 4.33. The van der Waals surface area contributed by atoms with E-state index >= 15 is 0 Å². The first-order chi connectivity index (χ1) is 9.11. The lowest BCUT2D eigenvalue weighted by Crippen LogP contribution is -2.15. The van der Waals surface area contributed by atoms with E-state index in [0.717, 1.165) is 16.7 Å². The Labute approximate surface area is 117 Å². The quantitative estimate of drug-likeness (QED) is 0.812. The number of H-pyrrole nitrogens is 1. The lowest BCUT2D eigenvalue weighted by atomic mass is 10.3. The van der Waals surface area contributed by atoms with Gasteiger partial charge in [0.2, 0.25) is 0 Å². The van der Waals surface area contributed by atoms with Gasteiger partial charge < -0.3 is 5.11 Å². The fourth-order valence-corrected chi connectivity index (χ4v) is 2.62. The number of rotatable bonds is 5. The molecular formula is C11H11N3O3S2. The summed E-state index contributed by atoms with van der Waals surface area (Å²) in [5.41, 5.74) is 0.282. The Balaban J connectivity index is 2.40. The van der Waals surface area contributed by atoms with E-state index in [1.807, 2.05) is 24.5 Å². The Morgan fingerprint density at radius 1 is 1.53 bits per heavy atom. The van der Waals surface area contributed by atoms with Crippen molar-refractivity contribution in [3.63, 3.8) is 0 Å². The third-order valence-electron chi connectivity index (χ3n) is 2.28. The van der Waals surface area contributed by atoms with Crippen molar-refractivity contribution in [2.24, 2.45) is 0 Å². The van der Waals surface area contributed by atoms with Crippen molar-refractivity contribution < 1.29 is 9.90 Å². The van der Waals surface area contributed by atoms with Crippen LogP contribution >= 0.6 is 23.5 Å².